The molecule has 0 aliphatic rings. The van der Waals surface area contributed by atoms with Gasteiger partial charge in [-0.15, -0.1) is 0 Å². The molecule has 0 amide bonds. The normalized spacial score (nSPS) is 12.7. The molecule has 0 N–H and O–H groups in total. The molecule has 1 nitrogen and oxygen atoms in total. The molecule has 2 aromatic heterocycles. The summed E-state index contributed by atoms with van der Waals surface area (Å²) in [6, 6.07) is 7.02. The van der Waals surface area contributed by atoms with Crippen LogP contribution in [-0.2, 0) is 0 Å². The van der Waals surface area contributed by atoms with Crippen molar-refractivity contribution in [2.24, 2.45) is 0 Å². The van der Waals surface area contributed by atoms with Crippen LogP contribution in [0.5, 0.6) is 5.75 Å². The van der Waals surface area contributed by atoms with Crippen molar-refractivity contribution >= 4 is 65.2 Å². The fraction of sp³-hybridized carbons (Fsp3) is 0.500. The van der Waals surface area contributed by atoms with Crippen molar-refractivity contribution in [1.82, 2.24) is 0 Å². The predicted molar refractivity (Wildman–Crippen MR) is 105 cm³/mol. The Morgan fingerprint density at radius 3 is 2.00 bits per heavy atom. The fourth-order valence-electron chi connectivity index (χ4n) is 2.04. The van der Waals surface area contributed by atoms with Gasteiger partial charge in [0, 0.05) is 0 Å². The number of rotatable bonds is 5. The third kappa shape index (κ3) is 4.42. The van der Waals surface area contributed by atoms with Crippen LogP contribution in [0.25, 0.3) is 9.75 Å². The Hall–Kier alpha value is 0.797. The second kappa shape index (κ2) is 6.73. The van der Waals surface area contributed by atoms with E-state index in [1.54, 1.807) is 5.79 Å². The Bertz CT molecular complexity index is 615. The molecule has 0 spiro atoms. The van der Waals surface area contributed by atoms with Crippen LogP contribution in [0.4, 0.5) is 0 Å². The van der Waals surface area contributed by atoms with E-state index in [1.165, 1.54) is 9.75 Å². The molecule has 0 aromatic carbocycles. The number of hydrogen-bond donors (Lipinski definition) is 0. The molecular weight excluding hydrogens is 510 g/mol. The molecule has 2 heterocycles. The van der Waals surface area contributed by atoms with Gasteiger partial charge in [-0.2, -0.15) is 0 Å². The molecule has 0 bridgehead atoms. The van der Waals surface area contributed by atoms with Crippen LogP contribution in [0, 0.1) is 0 Å². The molecule has 5 heteroatoms. The molecular formula is C16H26OS2Sn2. The Balaban J connectivity index is 2.47. The van der Waals surface area contributed by atoms with E-state index < -0.39 is 36.8 Å². The summed E-state index contributed by atoms with van der Waals surface area (Å²) in [6.07, 6.45) is 0. The predicted octanol–water partition coefficient (Wildman–Crippen LogP) is 4.97. The molecule has 0 atom stereocenters. The van der Waals surface area contributed by atoms with Crippen molar-refractivity contribution in [1.29, 1.82) is 0 Å². The minimum absolute atomic E-state index is 0.750. The monoisotopic (exact) mass is 538 g/mol. The van der Waals surface area contributed by atoms with E-state index in [4.69, 9.17) is 4.74 Å². The molecule has 0 radical (unpaired) electrons. The summed E-state index contributed by atoms with van der Waals surface area (Å²) in [5.41, 5.74) is 0. The maximum absolute atomic E-state index is 5.93. The first-order valence-electron chi connectivity index (χ1n) is 7.50. The standard InChI is InChI=1S/C10H8OS2.6CH3.2Sn/c1-2-11-8-5-7-13-10(8)9-4-3-6-12-9;;;;;;;;/h3-5H,2H2,1H3;6*1H3;;. The van der Waals surface area contributed by atoms with Crippen LogP contribution < -0.4 is 10.5 Å². The van der Waals surface area contributed by atoms with E-state index in [-0.39, 0.29) is 0 Å². The molecule has 0 fully saturated rings. The number of ether oxygens (including phenoxy) is 1. The molecule has 0 aliphatic carbocycles. The second-order valence-electron chi connectivity index (χ2n) is 7.40. The zero-order chi connectivity index (χ0) is 15.8. The van der Waals surface area contributed by atoms with Crippen molar-refractivity contribution in [3.8, 4) is 15.5 Å². The van der Waals surface area contributed by atoms with Crippen LogP contribution in [-0.4, -0.2) is 43.4 Å². The first-order chi connectivity index (χ1) is 9.63. The van der Waals surface area contributed by atoms with Gasteiger partial charge in [0.2, 0.25) is 0 Å². The summed E-state index contributed by atoms with van der Waals surface area (Å²) >= 11 is 0.0129. The first-order valence-corrected chi connectivity index (χ1v) is 29.1. The first kappa shape index (κ1) is 18.1. The van der Waals surface area contributed by atoms with Gasteiger partial charge in [-0.25, -0.2) is 0 Å². The van der Waals surface area contributed by atoms with Crippen LogP contribution in [0.3, 0.4) is 0 Å². The van der Waals surface area contributed by atoms with E-state index in [2.05, 4.69) is 54.8 Å². The summed E-state index contributed by atoms with van der Waals surface area (Å²) in [7, 11) is 0. The van der Waals surface area contributed by atoms with Crippen molar-refractivity contribution in [2.45, 2.75) is 36.6 Å². The molecule has 0 unspecified atom stereocenters. The van der Waals surface area contributed by atoms with Gasteiger partial charge < -0.3 is 0 Å². The quantitative estimate of drug-likeness (QED) is 0.492. The van der Waals surface area contributed by atoms with Gasteiger partial charge in [0.15, 0.2) is 0 Å². The summed E-state index contributed by atoms with van der Waals surface area (Å²) in [4.78, 5) is 17.7. The van der Waals surface area contributed by atoms with Gasteiger partial charge in [-0.05, 0) is 0 Å². The third-order valence-electron chi connectivity index (χ3n) is 3.31. The van der Waals surface area contributed by atoms with Crippen molar-refractivity contribution in [3.63, 3.8) is 0 Å². The maximum atomic E-state index is 5.93. The summed E-state index contributed by atoms with van der Waals surface area (Å²) < 4.78 is 9.19. The Morgan fingerprint density at radius 1 is 0.905 bits per heavy atom. The molecule has 116 valence electrons. The van der Waals surface area contributed by atoms with E-state index >= 15 is 0 Å². The molecule has 0 saturated carbocycles. The molecule has 0 aliphatic heterocycles. The minimum atomic E-state index is -2.03. The van der Waals surface area contributed by atoms with Crippen molar-refractivity contribution in [2.75, 3.05) is 6.61 Å². The van der Waals surface area contributed by atoms with E-state index in [1.807, 2.05) is 22.7 Å². The van der Waals surface area contributed by atoms with Crippen LogP contribution in [0.2, 0.25) is 29.6 Å². The van der Waals surface area contributed by atoms with Crippen molar-refractivity contribution < 1.29 is 4.74 Å². The van der Waals surface area contributed by atoms with E-state index in [0.717, 1.165) is 12.4 Å². The average Bonchev–Trinajstić information content (AvgIpc) is 2.92. The average molecular weight is 536 g/mol. The molecule has 2 aromatic rings. The van der Waals surface area contributed by atoms with Crippen LogP contribution in [0.15, 0.2) is 18.2 Å². The van der Waals surface area contributed by atoms with Crippen LogP contribution >= 0.6 is 22.7 Å². The summed E-state index contributed by atoms with van der Waals surface area (Å²) in [5, 5.41) is 0. The Kier molecular flexibility index (Phi) is 5.82. The van der Waals surface area contributed by atoms with Gasteiger partial charge >= 0.3 is 147 Å². The fourth-order valence-corrected chi connectivity index (χ4v) is 14.7. The zero-order valence-electron chi connectivity index (χ0n) is 14.2. The topological polar surface area (TPSA) is 9.23 Å². The SMILES string of the molecule is CCOc1c[c]([Sn]([CH3])([CH3])[CH3])sc1-c1cc[c]([Sn]([CH3])([CH3])[CH3])s1. The molecule has 2 rings (SSSR count). The molecule has 21 heavy (non-hydrogen) atoms. The van der Waals surface area contributed by atoms with Gasteiger partial charge in [0.1, 0.15) is 0 Å². The van der Waals surface area contributed by atoms with Gasteiger partial charge in [0.05, 0.1) is 0 Å². The van der Waals surface area contributed by atoms with Crippen molar-refractivity contribution in [3.05, 3.63) is 18.2 Å². The summed E-state index contributed by atoms with van der Waals surface area (Å²) in [5.74, 6) is 1.11. The van der Waals surface area contributed by atoms with E-state index in [9.17, 15) is 0 Å². The van der Waals surface area contributed by atoms with Gasteiger partial charge in [0.25, 0.3) is 0 Å². The Morgan fingerprint density at radius 2 is 1.52 bits per heavy atom. The number of thiophene rings is 2. The zero-order valence-corrected chi connectivity index (χ0v) is 21.5. The molecule has 0 saturated heterocycles. The second-order valence-corrected chi connectivity index (χ2v) is 40.4. The van der Waals surface area contributed by atoms with Gasteiger partial charge in [-0.3, -0.25) is 0 Å². The van der Waals surface area contributed by atoms with Crippen LogP contribution in [0.1, 0.15) is 6.92 Å². The van der Waals surface area contributed by atoms with E-state index in [0.29, 0.717) is 0 Å². The number of hydrogen-bond acceptors (Lipinski definition) is 3. The summed E-state index contributed by atoms with van der Waals surface area (Å²) in [6.45, 7) is 2.83. The van der Waals surface area contributed by atoms with Gasteiger partial charge in [-0.1, -0.05) is 0 Å². The third-order valence-corrected chi connectivity index (χ3v) is 24.6. The Labute approximate surface area is 145 Å².